The molecule has 0 aromatic carbocycles. The van der Waals surface area contributed by atoms with Gasteiger partial charge in [0.1, 0.15) is 0 Å². The molecule has 5 fully saturated rings. The monoisotopic (exact) mass is 463 g/mol. The lowest BCUT2D eigenvalue weighted by molar-refractivity contribution is 0.0106. The maximum Gasteiger partial charge on any atom is 0.193 e. The van der Waals surface area contributed by atoms with Crippen LogP contribution < -0.4 is 5.32 Å². The van der Waals surface area contributed by atoms with Crippen LogP contribution in [0.2, 0.25) is 0 Å². The summed E-state index contributed by atoms with van der Waals surface area (Å²) in [6.07, 6.45) is 5.50. The van der Waals surface area contributed by atoms with Gasteiger partial charge in [-0.25, -0.2) is 0 Å². The summed E-state index contributed by atoms with van der Waals surface area (Å²) in [7, 11) is 1.91. The molecule has 1 aliphatic carbocycles. The van der Waals surface area contributed by atoms with Crippen LogP contribution >= 0.6 is 24.0 Å². The third-order valence-electron chi connectivity index (χ3n) is 6.11. The van der Waals surface area contributed by atoms with Gasteiger partial charge in [-0.1, -0.05) is 0 Å². The largest absolute Gasteiger partial charge is 0.378 e. The van der Waals surface area contributed by atoms with Gasteiger partial charge < -0.3 is 15.0 Å². The van der Waals surface area contributed by atoms with Crippen molar-refractivity contribution in [2.45, 2.75) is 37.8 Å². The van der Waals surface area contributed by atoms with Gasteiger partial charge in [-0.15, -0.1) is 24.0 Å². The highest BCUT2D eigenvalue weighted by Gasteiger charge is 2.32. The number of halogens is 1. The fourth-order valence-corrected chi connectivity index (χ4v) is 4.25. The van der Waals surface area contributed by atoms with Crippen molar-refractivity contribution >= 4 is 29.9 Å². The predicted molar refractivity (Wildman–Crippen MR) is 112 cm³/mol. The molecule has 5 rings (SSSR count). The van der Waals surface area contributed by atoms with Gasteiger partial charge in [-0.3, -0.25) is 14.8 Å². The Hall–Kier alpha value is -0.120. The van der Waals surface area contributed by atoms with Crippen molar-refractivity contribution in [2.75, 3.05) is 66.0 Å². The van der Waals surface area contributed by atoms with Crippen molar-refractivity contribution < 1.29 is 4.74 Å². The summed E-state index contributed by atoms with van der Waals surface area (Å²) in [5.41, 5.74) is 0. The maximum absolute atomic E-state index is 6.06. The van der Waals surface area contributed by atoms with E-state index in [0.717, 1.165) is 51.0 Å². The van der Waals surface area contributed by atoms with Crippen LogP contribution in [0.4, 0.5) is 0 Å². The maximum atomic E-state index is 6.06. The van der Waals surface area contributed by atoms with Crippen LogP contribution in [0.15, 0.2) is 4.99 Å². The average Bonchev–Trinajstić information content (AvgIpc) is 3.47. The van der Waals surface area contributed by atoms with Crippen LogP contribution in [0, 0.1) is 5.92 Å². The Morgan fingerprint density at radius 3 is 2.32 bits per heavy atom. The predicted octanol–water partition coefficient (Wildman–Crippen LogP) is 1.07. The van der Waals surface area contributed by atoms with Gasteiger partial charge in [0.05, 0.1) is 6.10 Å². The van der Waals surface area contributed by atoms with Gasteiger partial charge in [0, 0.05) is 72.1 Å². The second kappa shape index (κ2) is 9.19. The van der Waals surface area contributed by atoms with E-state index in [1.54, 1.807) is 0 Å². The number of fused-ring (bicyclic) bond motifs is 3. The molecule has 1 saturated carbocycles. The van der Waals surface area contributed by atoms with E-state index in [-0.39, 0.29) is 24.0 Å². The molecule has 4 heterocycles. The first-order valence-corrected chi connectivity index (χ1v) is 9.85. The number of rotatable bonds is 5. The second-order valence-corrected chi connectivity index (χ2v) is 7.88. The summed E-state index contributed by atoms with van der Waals surface area (Å²) < 4.78 is 6.06. The van der Waals surface area contributed by atoms with E-state index in [2.05, 4.69) is 25.0 Å². The standard InChI is InChI=1S/C18H33N5O.HI/c1-19-18(20-12-16-13-21-8-10-22(16)11-9-21)23-6-4-17(5-7-23)24-14-15-2-3-15;/h15-17H,2-14H2,1H3,(H,19,20);1H. The molecule has 0 amide bonds. The summed E-state index contributed by atoms with van der Waals surface area (Å²) in [6, 6.07) is 0.642. The number of ether oxygens (including phenoxy) is 1. The average molecular weight is 463 g/mol. The molecular formula is C18H34IN5O. The molecule has 1 N–H and O–H groups in total. The molecule has 2 bridgehead atoms. The van der Waals surface area contributed by atoms with Gasteiger partial charge in [-0.2, -0.15) is 0 Å². The molecule has 0 radical (unpaired) electrons. The van der Waals surface area contributed by atoms with Crippen molar-refractivity contribution in [3.8, 4) is 0 Å². The smallest absolute Gasteiger partial charge is 0.193 e. The molecule has 144 valence electrons. The number of piperidine rings is 1. The number of likely N-dealkylation sites (tertiary alicyclic amines) is 1. The van der Waals surface area contributed by atoms with Crippen LogP contribution in [0.3, 0.4) is 0 Å². The van der Waals surface area contributed by atoms with Gasteiger partial charge in [-0.05, 0) is 31.6 Å². The van der Waals surface area contributed by atoms with Gasteiger partial charge in [0.15, 0.2) is 5.96 Å². The first-order chi connectivity index (χ1) is 11.8. The van der Waals surface area contributed by atoms with Crippen LogP contribution in [-0.2, 0) is 4.74 Å². The second-order valence-electron chi connectivity index (χ2n) is 7.88. The molecule has 0 aromatic rings. The molecule has 25 heavy (non-hydrogen) atoms. The minimum Gasteiger partial charge on any atom is -0.378 e. The molecule has 0 spiro atoms. The quantitative estimate of drug-likeness (QED) is 0.376. The highest BCUT2D eigenvalue weighted by Crippen LogP contribution is 2.30. The Balaban J connectivity index is 0.00000182. The lowest BCUT2D eigenvalue weighted by Gasteiger charge is -2.47. The molecule has 1 atom stereocenters. The summed E-state index contributed by atoms with van der Waals surface area (Å²) in [6.45, 7) is 10.3. The zero-order chi connectivity index (χ0) is 16.4. The Morgan fingerprint density at radius 2 is 1.76 bits per heavy atom. The summed E-state index contributed by atoms with van der Waals surface area (Å²) in [4.78, 5) is 12.2. The number of nitrogens with zero attached hydrogens (tertiary/aromatic N) is 4. The normalized spacial score (nSPS) is 33.2. The number of guanidine groups is 1. The third-order valence-corrected chi connectivity index (χ3v) is 6.11. The zero-order valence-corrected chi connectivity index (χ0v) is 17.9. The van der Waals surface area contributed by atoms with E-state index in [0.29, 0.717) is 12.1 Å². The highest BCUT2D eigenvalue weighted by atomic mass is 127. The molecule has 5 aliphatic rings. The van der Waals surface area contributed by atoms with E-state index in [9.17, 15) is 0 Å². The molecule has 1 unspecified atom stereocenters. The topological polar surface area (TPSA) is 43.3 Å². The van der Waals surface area contributed by atoms with E-state index in [1.807, 2.05) is 7.05 Å². The Morgan fingerprint density at radius 1 is 1.04 bits per heavy atom. The van der Waals surface area contributed by atoms with Gasteiger partial charge in [0.25, 0.3) is 0 Å². The molecule has 7 heteroatoms. The first-order valence-electron chi connectivity index (χ1n) is 9.85. The SMILES string of the molecule is CN=C(NCC1CN2CCN1CC2)N1CCC(OCC2CC2)CC1.I. The number of hydrogen-bond acceptors (Lipinski definition) is 4. The van der Waals surface area contributed by atoms with Crippen molar-refractivity contribution in [3.05, 3.63) is 0 Å². The first kappa shape index (κ1) is 19.6. The molecular weight excluding hydrogens is 429 g/mol. The molecule has 6 nitrogen and oxygen atoms in total. The minimum absolute atomic E-state index is 0. The van der Waals surface area contributed by atoms with E-state index < -0.39 is 0 Å². The van der Waals surface area contributed by atoms with Crippen molar-refractivity contribution in [3.63, 3.8) is 0 Å². The Labute approximate surface area is 169 Å². The van der Waals surface area contributed by atoms with Crippen LogP contribution in [0.1, 0.15) is 25.7 Å². The number of aliphatic imine (C=N–C) groups is 1. The Kier molecular flexibility index (Phi) is 7.22. The van der Waals surface area contributed by atoms with Gasteiger partial charge in [0.2, 0.25) is 0 Å². The number of piperazine rings is 3. The van der Waals surface area contributed by atoms with Crippen molar-refractivity contribution in [1.82, 2.24) is 20.0 Å². The summed E-state index contributed by atoms with van der Waals surface area (Å²) >= 11 is 0. The van der Waals surface area contributed by atoms with Crippen molar-refractivity contribution in [1.29, 1.82) is 0 Å². The fraction of sp³-hybridized carbons (Fsp3) is 0.944. The van der Waals surface area contributed by atoms with Crippen LogP contribution in [0.5, 0.6) is 0 Å². The van der Waals surface area contributed by atoms with Gasteiger partial charge >= 0.3 is 0 Å². The van der Waals surface area contributed by atoms with E-state index in [4.69, 9.17) is 4.74 Å². The third kappa shape index (κ3) is 5.20. The van der Waals surface area contributed by atoms with Crippen LogP contribution in [-0.4, -0.2) is 98.8 Å². The van der Waals surface area contributed by atoms with Crippen molar-refractivity contribution in [2.24, 2.45) is 10.9 Å². The van der Waals surface area contributed by atoms with Crippen LogP contribution in [0.25, 0.3) is 0 Å². The fourth-order valence-electron chi connectivity index (χ4n) is 4.25. The molecule has 4 aliphatic heterocycles. The lowest BCUT2D eigenvalue weighted by atomic mass is 10.1. The Bertz CT molecular complexity index is 443. The lowest BCUT2D eigenvalue weighted by Crippen LogP contribution is -2.64. The minimum atomic E-state index is 0. The summed E-state index contributed by atoms with van der Waals surface area (Å²) in [5.74, 6) is 1.95. The molecule has 0 aromatic heterocycles. The number of hydrogen-bond donors (Lipinski definition) is 1. The number of nitrogens with one attached hydrogen (secondary N) is 1. The van der Waals surface area contributed by atoms with E-state index in [1.165, 1.54) is 45.6 Å². The summed E-state index contributed by atoms with van der Waals surface area (Å²) in [5, 5.41) is 3.64. The molecule has 4 saturated heterocycles. The zero-order valence-electron chi connectivity index (χ0n) is 15.5. The highest BCUT2D eigenvalue weighted by molar-refractivity contribution is 14.0. The van der Waals surface area contributed by atoms with E-state index >= 15 is 0 Å².